The Bertz CT molecular complexity index is 1220. The molecule has 2 aromatic carbocycles. The van der Waals surface area contributed by atoms with E-state index < -0.39 is 51.6 Å². The summed E-state index contributed by atoms with van der Waals surface area (Å²) in [5.74, 6) is -3.65. The maximum absolute atomic E-state index is 13.8. The predicted molar refractivity (Wildman–Crippen MR) is 133 cm³/mol. The minimum absolute atomic E-state index is 0.0934. The molecule has 12 heteroatoms. The lowest BCUT2D eigenvalue weighted by Crippen LogP contribution is -2.54. The van der Waals surface area contributed by atoms with Crippen LogP contribution in [0.15, 0.2) is 36.4 Å². The zero-order valence-corrected chi connectivity index (χ0v) is 22.2. The fourth-order valence-corrected chi connectivity index (χ4v) is 4.31. The van der Waals surface area contributed by atoms with Crippen LogP contribution in [0.25, 0.3) is 0 Å². The fraction of sp³-hybridized carbons (Fsp3) is 0.391. The van der Waals surface area contributed by atoms with Crippen LogP contribution in [0.5, 0.6) is 0 Å². The second-order valence-electron chi connectivity index (χ2n) is 9.05. The number of benzene rings is 2. The molecule has 0 radical (unpaired) electrons. The molecule has 0 saturated heterocycles. The Morgan fingerprint density at radius 2 is 1.66 bits per heavy atom. The lowest BCUT2D eigenvalue weighted by Gasteiger charge is -2.33. The third kappa shape index (κ3) is 8.05. The Hall–Kier alpha value is -2.43. The van der Waals surface area contributed by atoms with E-state index in [2.05, 4.69) is 5.32 Å². The molecule has 2 aromatic rings. The van der Waals surface area contributed by atoms with E-state index in [1.165, 1.54) is 24.0 Å². The average Bonchev–Trinajstić information content (AvgIpc) is 2.72. The van der Waals surface area contributed by atoms with Crippen molar-refractivity contribution in [3.05, 3.63) is 63.6 Å². The third-order valence-corrected chi connectivity index (χ3v) is 6.75. The van der Waals surface area contributed by atoms with E-state index in [4.69, 9.17) is 23.2 Å². The Balaban J connectivity index is 2.45. The van der Waals surface area contributed by atoms with Gasteiger partial charge in [0.2, 0.25) is 21.8 Å². The maximum atomic E-state index is 13.8. The zero-order chi connectivity index (χ0) is 26.7. The Morgan fingerprint density at radius 1 is 1.03 bits per heavy atom. The molecule has 0 fully saturated rings. The van der Waals surface area contributed by atoms with Gasteiger partial charge in [0.15, 0.2) is 11.6 Å². The Morgan fingerprint density at radius 3 is 2.17 bits per heavy atom. The van der Waals surface area contributed by atoms with Crippen LogP contribution in [-0.4, -0.2) is 49.5 Å². The minimum Gasteiger partial charge on any atom is -0.350 e. The highest BCUT2D eigenvalue weighted by atomic mass is 35.5. The normalized spacial score (nSPS) is 12.7. The highest BCUT2D eigenvalue weighted by molar-refractivity contribution is 7.92. The smallest absolute Gasteiger partial charge is 0.244 e. The van der Waals surface area contributed by atoms with Crippen molar-refractivity contribution >= 4 is 50.7 Å². The number of halogens is 4. The number of carbonyl (C=O) groups is 2. The summed E-state index contributed by atoms with van der Waals surface area (Å²) in [6, 6.07) is 6.16. The van der Waals surface area contributed by atoms with Crippen LogP contribution in [0.3, 0.4) is 0 Å². The topological polar surface area (TPSA) is 86.8 Å². The summed E-state index contributed by atoms with van der Waals surface area (Å²) in [4.78, 5) is 27.5. The van der Waals surface area contributed by atoms with E-state index in [1.54, 1.807) is 26.8 Å². The molecule has 0 aliphatic carbocycles. The van der Waals surface area contributed by atoms with Gasteiger partial charge < -0.3 is 10.2 Å². The number of nitrogens with one attached hydrogen (secondary N) is 1. The van der Waals surface area contributed by atoms with Crippen molar-refractivity contribution in [2.75, 3.05) is 17.1 Å². The van der Waals surface area contributed by atoms with Crippen LogP contribution in [-0.2, 0) is 26.2 Å². The first-order chi connectivity index (χ1) is 16.0. The largest absolute Gasteiger partial charge is 0.350 e. The highest BCUT2D eigenvalue weighted by Gasteiger charge is 2.31. The van der Waals surface area contributed by atoms with Crippen molar-refractivity contribution in [2.24, 2.45) is 0 Å². The van der Waals surface area contributed by atoms with Gasteiger partial charge in [-0.2, -0.15) is 0 Å². The van der Waals surface area contributed by atoms with Gasteiger partial charge in [-0.15, -0.1) is 0 Å². The molecule has 35 heavy (non-hydrogen) atoms. The quantitative estimate of drug-likeness (QED) is 0.529. The van der Waals surface area contributed by atoms with Crippen molar-refractivity contribution < 1.29 is 26.8 Å². The summed E-state index contributed by atoms with van der Waals surface area (Å²) >= 11 is 12.1. The van der Waals surface area contributed by atoms with Crippen molar-refractivity contribution in [1.82, 2.24) is 10.2 Å². The summed E-state index contributed by atoms with van der Waals surface area (Å²) in [7, 11) is -4.08. The van der Waals surface area contributed by atoms with Crippen LogP contribution < -0.4 is 9.62 Å². The Labute approximate surface area is 214 Å². The van der Waals surface area contributed by atoms with Crippen LogP contribution >= 0.6 is 23.2 Å². The van der Waals surface area contributed by atoms with Gasteiger partial charge in [0.05, 0.1) is 22.0 Å². The number of hydrogen-bond acceptors (Lipinski definition) is 4. The number of nitrogens with zero attached hydrogens (tertiary/aromatic N) is 2. The zero-order valence-electron chi connectivity index (χ0n) is 19.9. The van der Waals surface area contributed by atoms with Gasteiger partial charge in [-0.3, -0.25) is 13.9 Å². The van der Waals surface area contributed by atoms with Gasteiger partial charge >= 0.3 is 0 Å². The maximum Gasteiger partial charge on any atom is 0.244 e. The molecular weight excluding hydrogens is 523 g/mol. The molecule has 1 atom stereocenters. The lowest BCUT2D eigenvalue weighted by atomic mass is 10.1. The number of anilines is 1. The molecule has 0 aromatic heterocycles. The van der Waals surface area contributed by atoms with E-state index >= 15 is 0 Å². The summed E-state index contributed by atoms with van der Waals surface area (Å²) in [6.07, 6.45) is 0.834. The summed E-state index contributed by atoms with van der Waals surface area (Å²) in [5, 5.41) is 3.32. The Kier molecular flexibility index (Phi) is 9.13. The molecule has 0 aliphatic heterocycles. The van der Waals surface area contributed by atoms with Crippen LogP contribution in [0, 0.1) is 11.6 Å². The molecule has 0 unspecified atom stereocenters. The molecule has 0 spiro atoms. The molecule has 1 N–H and O–H groups in total. The molecule has 0 aliphatic rings. The van der Waals surface area contributed by atoms with Crippen LogP contribution in [0.2, 0.25) is 10.0 Å². The average molecular weight is 550 g/mol. The first-order valence-electron chi connectivity index (χ1n) is 10.5. The predicted octanol–water partition coefficient (Wildman–Crippen LogP) is 4.37. The second kappa shape index (κ2) is 11.1. The molecule has 7 nitrogen and oxygen atoms in total. The summed E-state index contributed by atoms with van der Waals surface area (Å²) in [6.45, 7) is 5.98. The van der Waals surface area contributed by atoms with Gasteiger partial charge in [-0.05, 0) is 57.5 Å². The van der Waals surface area contributed by atoms with Crippen LogP contribution in [0.1, 0.15) is 33.3 Å². The van der Waals surface area contributed by atoms with Crippen molar-refractivity contribution in [1.29, 1.82) is 0 Å². The lowest BCUT2D eigenvalue weighted by molar-refractivity contribution is -0.140. The summed E-state index contributed by atoms with van der Waals surface area (Å²) < 4.78 is 52.7. The molecule has 2 rings (SSSR count). The molecule has 0 heterocycles. The molecule has 0 bridgehead atoms. The first kappa shape index (κ1) is 28.8. The molecule has 2 amide bonds. The standard InChI is InChI=1S/C23H27Cl2F2N3O4S/c1-14(22(32)28-23(2,3)4)29(12-15-6-8-17(24)18(25)10-15)21(31)13-30(35(5,33)34)16-7-9-19(26)20(27)11-16/h6-11,14H,12-13H2,1-5H3,(H,28,32)/t14-/m1/s1. The van der Waals surface area contributed by atoms with E-state index in [9.17, 15) is 26.8 Å². The van der Waals surface area contributed by atoms with Crippen molar-refractivity contribution in [3.63, 3.8) is 0 Å². The number of rotatable bonds is 8. The minimum atomic E-state index is -4.08. The fourth-order valence-electron chi connectivity index (χ4n) is 3.15. The number of amides is 2. The molecule has 192 valence electrons. The van der Waals surface area contributed by atoms with Gasteiger partial charge in [0.1, 0.15) is 12.6 Å². The SMILES string of the molecule is C[C@H](C(=O)NC(C)(C)C)N(Cc1ccc(Cl)c(Cl)c1)C(=O)CN(c1ccc(F)c(F)c1)S(C)(=O)=O. The first-order valence-corrected chi connectivity index (χ1v) is 13.1. The highest BCUT2D eigenvalue weighted by Crippen LogP contribution is 2.25. The van der Waals surface area contributed by atoms with E-state index in [1.807, 2.05) is 0 Å². The van der Waals surface area contributed by atoms with Gasteiger partial charge in [-0.25, -0.2) is 17.2 Å². The van der Waals surface area contributed by atoms with Gasteiger partial charge in [0, 0.05) is 18.2 Å². The number of hydrogen-bond donors (Lipinski definition) is 1. The van der Waals surface area contributed by atoms with Crippen molar-refractivity contribution in [3.8, 4) is 0 Å². The van der Waals surface area contributed by atoms with E-state index in [-0.39, 0.29) is 17.3 Å². The van der Waals surface area contributed by atoms with E-state index in [0.717, 1.165) is 18.4 Å². The number of sulfonamides is 1. The monoisotopic (exact) mass is 549 g/mol. The number of carbonyl (C=O) groups excluding carboxylic acids is 2. The van der Waals surface area contributed by atoms with Crippen LogP contribution in [0.4, 0.5) is 14.5 Å². The van der Waals surface area contributed by atoms with E-state index in [0.29, 0.717) is 21.0 Å². The molecule has 0 saturated carbocycles. The van der Waals surface area contributed by atoms with Crippen molar-refractivity contribution in [2.45, 2.75) is 45.8 Å². The third-order valence-electron chi connectivity index (χ3n) is 4.87. The summed E-state index contributed by atoms with van der Waals surface area (Å²) in [5.41, 5.74) is -0.281. The van der Waals surface area contributed by atoms with Gasteiger partial charge in [-0.1, -0.05) is 29.3 Å². The van der Waals surface area contributed by atoms with Gasteiger partial charge in [0.25, 0.3) is 0 Å². The molecular formula is C23H27Cl2F2N3O4S. The second-order valence-corrected chi connectivity index (χ2v) is 11.8.